The summed E-state index contributed by atoms with van der Waals surface area (Å²) in [5, 5.41) is 8.88. The third kappa shape index (κ3) is 5.49. The summed E-state index contributed by atoms with van der Waals surface area (Å²) in [5.74, 6) is 0.502. The van der Waals surface area contributed by atoms with Crippen molar-refractivity contribution in [2.45, 2.75) is 13.5 Å². The van der Waals surface area contributed by atoms with E-state index in [1.54, 1.807) is 24.1 Å². The summed E-state index contributed by atoms with van der Waals surface area (Å²) in [7, 11) is 1.81. The van der Waals surface area contributed by atoms with Crippen LogP contribution in [0.25, 0.3) is 0 Å². The van der Waals surface area contributed by atoms with Gasteiger partial charge in [0.1, 0.15) is 11.6 Å². The van der Waals surface area contributed by atoms with Gasteiger partial charge in [0.25, 0.3) is 0 Å². The van der Waals surface area contributed by atoms with Crippen LogP contribution in [0, 0.1) is 17.1 Å². The fourth-order valence-corrected chi connectivity index (χ4v) is 3.51. The molecule has 1 fully saturated rings. The van der Waals surface area contributed by atoms with Gasteiger partial charge >= 0.3 is 0 Å². The predicted octanol–water partition coefficient (Wildman–Crippen LogP) is 2.88. The minimum Gasteiger partial charge on any atom is -0.494 e. The number of halogens is 1. The minimum absolute atomic E-state index is 0.0573. The second-order valence-corrected chi connectivity index (χ2v) is 7.37. The molecule has 0 saturated carbocycles. The van der Waals surface area contributed by atoms with Crippen molar-refractivity contribution < 1.29 is 13.9 Å². The lowest BCUT2D eigenvalue weighted by molar-refractivity contribution is -0.131. The largest absolute Gasteiger partial charge is 0.494 e. The van der Waals surface area contributed by atoms with Gasteiger partial charge in [-0.15, -0.1) is 0 Å². The van der Waals surface area contributed by atoms with Gasteiger partial charge in [-0.1, -0.05) is 12.1 Å². The molecular weight excluding hydrogens is 383 g/mol. The zero-order chi connectivity index (χ0) is 21.5. The molecule has 0 spiro atoms. The highest BCUT2D eigenvalue weighted by Crippen LogP contribution is 2.22. The molecule has 0 unspecified atom stereocenters. The number of amides is 1. The lowest BCUT2D eigenvalue weighted by Gasteiger charge is -2.36. The smallest absolute Gasteiger partial charge is 0.236 e. The highest BCUT2D eigenvalue weighted by molar-refractivity contribution is 5.78. The molecular formula is C23H27FN4O2. The zero-order valence-corrected chi connectivity index (χ0v) is 17.5. The zero-order valence-electron chi connectivity index (χ0n) is 17.5. The van der Waals surface area contributed by atoms with Crippen LogP contribution >= 0.6 is 0 Å². The number of nitrogens with zero attached hydrogens (tertiary/aromatic N) is 4. The number of hydrogen-bond donors (Lipinski definition) is 0. The number of hydrogen-bond acceptors (Lipinski definition) is 5. The third-order valence-corrected chi connectivity index (χ3v) is 5.23. The Morgan fingerprint density at radius 1 is 1.17 bits per heavy atom. The van der Waals surface area contributed by atoms with Crippen LogP contribution in [0.4, 0.5) is 10.1 Å². The summed E-state index contributed by atoms with van der Waals surface area (Å²) < 4.78 is 19.7. The number of rotatable bonds is 7. The molecule has 30 heavy (non-hydrogen) atoms. The Morgan fingerprint density at radius 3 is 2.47 bits per heavy atom. The average molecular weight is 410 g/mol. The van der Waals surface area contributed by atoms with Gasteiger partial charge in [-0.2, -0.15) is 5.26 Å². The fourth-order valence-electron chi connectivity index (χ4n) is 3.51. The lowest BCUT2D eigenvalue weighted by Crippen LogP contribution is -2.49. The Kier molecular flexibility index (Phi) is 7.26. The van der Waals surface area contributed by atoms with E-state index in [0.29, 0.717) is 57.1 Å². The molecule has 0 radical (unpaired) electrons. The van der Waals surface area contributed by atoms with Crippen LogP contribution < -0.4 is 9.64 Å². The monoisotopic (exact) mass is 410 g/mol. The average Bonchev–Trinajstić information content (AvgIpc) is 2.76. The highest BCUT2D eigenvalue weighted by Gasteiger charge is 2.22. The van der Waals surface area contributed by atoms with Gasteiger partial charge in [-0.05, 0) is 42.8 Å². The van der Waals surface area contributed by atoms with Gasteiger partial charge in [-0.3, -0.25) is 9.69 Å². The quantitative estimate of drug-likeness (QED) is 0.703. The summed E-state index contributed by atoms with van der Waals surface area (Å²) in [6.45, 7) is 6.10. The van der Waals surface area contributed by atoms with Crippen LogP contribution in [0.5, 0.6) is 5.75 Å². The van der Waals surface area contributed by atoms with Crippen molar-refractivity contribution in [1.29, 1.82) is 5.26 Å². The van der Waals surface area contributed by atoms with E-state index in [9.17, 15) is 9.18 Å². The van der Waals surface area contributed by atoms with Gasteiger partial charge in [0.2, 0.25) is 5.91 Å². The molecule has 1 aliphatic heterocycles. The molecule has 1 aliphatic rings. The van der Waals surface area contributed by atoms with E-state index in [4.69, 9.17) is 10.00 Å². The number of carbonyl (C=O) groups is 1. The van der Waals surface area contributed by atoms with Crippen molar-refractivity contribution in [3.8, 4) is 11.8 Å². The summed E-state index contributed by atoms with van der Waals surface area (Å²) in [6, 6.07) is 14.3. The molecule has 7 heteroatoms. The van der Waals surface area contributed by atoms with Crippen LogP contribution in [0.15, 0.2) is 42.5 Å². The van der Waals surface area contributed by atoms with Crippen molar-refractivity contribution in [2.24, 2.45) is 0 Å². The SMILES string of the molecule is CCOc1ccc(CN(C)C(=O)CN2CCN(c3ccc(C#N)cc3F)CC2)cc1. The maximum atomic E-state index is 14.2. The number of carbonyl (C=O) groups excluding carboxylic acids is 1. The maximum absolute atomic E-state index is 14.2. The van der Waals surface area contributed by atoms with E-state index in [2.05, 4.69) is 4.90 Å². The van der Waals surface area contributed by atoms with E-state index in [0.717, 1.165) is 11.3 Å². The lowest BCUT2D eigenvalue weighted by atomic mass is 10.1. The standard InChI is InChI=1S/C23H27FN4O2/c1-3-30-20-7-4-18(5-8-20)16-26(2)23(29)17-27-10-12-28(13-11-27)22-9-6-19(15-25)14-21(22)24/h4-9,14H,3,10-13,16-17H2,1-2H3. The number of piperazine rings is 1. The summed E-state index contributed by atoms with van der Waals surface area (Å²) in [4.78, 5) is 18.4. The molecule has 0 bridgehead atoms. The molecule has 2 aromatic carbocycles. The molecule has 0 aliphatic carbocycles. The van der Waals surface area contributed by atoms with Crippen LogP contribution in [-0.4, -0.2) is 62.1 Å². The molecule has 158 valence electrons. The van der Waals surface area contributed by atoms with Crippen molar-refractivity contribution >= 4 is 11.6 Å². The van der Waals surface area contributed by atoms with Crippen LogP contribution in [0.1, 0.15) is 18.1 Å². The van der Waals surface area contributed by atoms with E-state index in [-0.39, 0.29) is 11.7 Å². The van der Waals surface area contributed by atoms with Gasteiger partial charge in [0.05, 0.1) is 30.5 Å². The number of nitriles is 1. The van der Waals surface area contributed by atoms with Crippen LogP contribution in [-0.2, 0) is 11.3 Å². The molecule has 0 atom stereocenters. The molecule has 0 aromatic heterocycles. The first-order valence-corrected chi connectivity index (χ1v) is 10.1. The normalized spacial score (nSPS) is 14.3. The van der Waals surface area contributed by atoms with Crippen molar-refractivity contribution in [3.05, 3.63) is 59.4 Å². The third-order valence-electron chi connectivity index (χ3n) is 5.23. The Balaban J connectivity index is 1.48. The first-order chi connectivity index (χ1) is 14.5. The summed E-state index contributed by atoms with van der Waals surface area (Å²) in [5.41, 5.74) is 1.87. The van der Waals surface area contributed by atoms with E-state index < -0.39 is 0 Å². The Labute approximate surface area is 177 Å². The number of likely N-dealkylation sites (N-methyl/N-ethyl adjacent to an activating group) is 1. The number of ether oxygens (including phenoxy) is 1. The maximum Gasteiger partial charge on any atom is 0.236 e. The molecule has 2 aromatic rings. The van der Waals surface area contributed by atoms with Gasteiger partial charge in [0, 0.05) is 39.8 Å². The van der Waals surface area contributed by atoms with Crippen molar-refractivity contribution in [3.63, 3.8) is 0 Å². The molecule has 0 N–H and O–H groups in total. The predicted molar refractivity (Wildman–Crippen MR) is 114 cm³/mol. The second-order valence-electron chi connectivity index (χ2n) is 7.37. The van der Waals surface area contributed by atoms with E-state index in [1.807, 2.05) is 42.2 Å². The van der Waals surface area contributed by atoms with Gasteiger partial charge in [0.15, 0.2) is 0 Å². The van der Waals surface area contributed by atoms with Crippen LogP contribution in [0.3, 0.4) is 0 Å². The second kappa shape index (κ2) is 10.1. The van der Waals surface area contributed by atoms with Crippen molar-refractivity contribution in [1.82, 2.24) is 9.80 Å². The topological polar surface area (TPSA) is 59.8 Å². The van der Waals surface area contributed by atoms with E-state index in [1.165, 1.54) is 6.07 Å². The van der Waals surface area contributed by atoms with Gasteiger partial charge in [-0.25, -0.2) is 4.39 Å². The van der Waals surface area contributed by atoms with Crippen molar-refractivity contribution in [2.75, 3.05) is 51.3 Å². The van der Waals surface area contributed by atoms with Crippen LogP contribution in [0.2, 0.25) is 0 Å². The summed E-state index contributed by atoms with van der Waals surface area (Å²) in [6.07, 6.45) is 0. The summed E-state index contributed by atoms with van der Waals surface area (Å²) >= 11 is 0. The molecule has 1 saturated heterocycles. The molecule has 6 nitrogen and oxygen atoms in total. The first kappa shape index (κ1) is 21.6. The Morgan fingerprint density at radius 2 is 1.87 bits per heavy atom. The number of anilines is 1. The Hall–Kier alpha value is -3.11. The van der Waals surface area contributed by atoms with Gasteiger partial charge < -0.3 is 14.5 Å². The first-order valence-electron chi connectivity index (χ1n) is 10.1. The van der Waals surface area contributed by atoms with E-state index >= 15 is 0 Å². The number of benzene rings is 2. The Bertz CT molecular complexity index is 902. The molecule has 1 heterocycles. The minimum atomic E-state index is -0.381. The molecule has 3 rings (SSSR count). The molecule has 1 amide bonds. The fraction of sp³-hybridized carbons (Fsp3) is 0.391. The highest BCUT2D eigenvalue weighted by atomic mass is 19.1.